The molecule has 1 aliphatic carbocycles. The first kappa shape index (κ1) is 13.8. The van der Waals surface area contributed by atoms with Crippen molar-refractivity contribution in [2.24, 2.45) is 5.41 Å². The molecule has 1 aliphatic rings. The molecule has 1 amide bonds. The van der Waals surface area contributed by atoms with E-state index in [4.69, 9.17) is 5.26 Å². The molecule has 0 aromatic carbocycles. The second-order valence-electron chi connectivity index (χ2n) is 4.91. The van der Waals surface area contributed by atoms with Gasteiger partial charge in [0.25, 0.3) is 0 Å². The van der Waals surface area contributed by atoms with Crippen LogP contribution in [-0.4, -0.2) is 12.5 Å². The van der Waals surface area contributed by atoms with Gasteiger partial charge in [0, 0.05) is 6.54 Å². The van der Waals surface area contributed by atoms with Crippen LogP contribution >= 0.6 is 0 Å². The lowest BCUT2D eigenvalue weighted by Gasteiger charge is -2.19. The van der Waals surface area contributed by atoms with Gasteiger partial charge in [-0.2, -0.15) is 5.26 Å². The fourth-order valence-corrected chi connectivity index (χ4v) is 1.95. The Morgan fingerprint density at radius 3 is 2.88 bits per heavy atom. The molecule has 3 heteroatoms. The summed E-state index contributed by atoms with van der Waals surface area (Å²) in [6.07, 6.45) is 8.67. The summed E-state index contributed by atoms with van der Waals surface area (Å²) in [7, 11) is 0. The summed E-state index contributed by atoms with van der Waals surface area (Å²) in [4.78, 5) is 11.8. The zero-order valence-corrected chi connectivity index (χ0v) is 10.9. The van der Waals surface area contributed by atoms with E-state index in [1.54, 1.807) is 6.92 Å². The molecular formula is C14H22N2O. The van der Waals surface area contributed by atoms with Gasteiger partial charge >= 0.3 is 0 Å². The van der Waals surface area contributed by atoms with Crippen molar-refractivity contribution in [1.29, 1.82) is 5.26 Å². The zero-order chi connectivity index (χ0) is 12.7. The molecule has 0 spiro atoms. The monoisotopic (exact) mass is 234 g/mol. The van der Waals surface area contributed by atoms with Crippen LogP contribution in [-0.2, 0) is 4.79 Å². The van der Waals surface area contributed by atoms with Crippen molar-refractivity contribution in [3.63, 3.8) is 0 Å². The molecule has 0 heterocycles. The molecule has 0 saturated heterocycles. The molecule has 17 heavy (non-hydrogen) atoms. The van der Waals surface area contributed by atoms with Gasteiger partial charge in [0.05, 0.1) is 6.07 Å². The van der Waals surface area contributed by atoms with Gasteiger partial charge in [0.15, 0.2) is 0 Å². The highest BCUT2D eigenvalue weighted by Crippen LogP contribution is 2.21. The van der Waals surface area contributed by atoms with Crippen LogP contribution in [0.1, 0.15) is 52.4 Å². The molecular weight excluding hydrogens is 212 g/mol. The van der Waals surface area contributed by atoms with Gasteiger partial charge < -0.3 is 5.32 Å². The molecule has 0 aliphatic heterocycles. The third-order valence-corrected chi connectivity index (χ3v) is 3.57. The van der Waals surface area contributed by atoms with Crippen molar-refractivity contribution >= 4 is 5.91 Å². The van der Waals surface area contributed by atoms with E-state index in [1.807, 2.05) is 6.92 Å². The minimum atomic E-state index is -0.874. The lowest BCUT2D eigenvalue weighted by molar-refractivity contribution is -0.127. The van der Waals surface area contributed by atoms with Crippen LogP contribution in [0.2, 0.25) is 0 Å². The SMILES string of the molecule is CCC(C)(C#N)C(=O)NCCC1=CCCCC1. The molecule has 0 radical (unpaired) electrons. The van der Waals surface area contributed by atoms with Crippen molar-refractivity contribution in [3.05, 3.63) is 11.6 Å². The fourth-order valence-electron chi connectivity index (χ4n) is 1.95. The minimum Gasteiger partial charge on any atom is -0.354 e. The van der Waals surface area contributed by atoms with E-state index >= 15 is 0 Å². The van der Waals surface area contributed by atoms with Crippen LogP contribution in [0.15, 0.2) is 11.6 Å². The molecule has 0 aromatic rings. The smallest absolute Gasteiger partial charge is 0.240 e. The van der Waals surface area contributed by atoms with Crippen LogP contribution in [0.4, 0.5) is 0 Å². The van der Waals surface area contributed by atoms with E-state index in [0.717, 1.165) is 6.42 Å². The van der Waals surface area contributed by atoms with Crippen molar-refractivity contribution in [3.8, 4) is 6.07 Å². The Labute approximate surface area is 104 Å². The Kier molecular flexibility index (Phi) is 5.21. The maximum Gasteiger partial charge on any atom is 0.240 e. The van der Waals surface area contributed by atoms with Crippen LogP contribution in [0.25, 0.3) is 0 Å². The number of nitrogens with one attached hydrogen (secondary N) is 1. The maximum atomic E-state index is 11.8. The van der Waals surface area contributed by atoms with E-state index in [2.05, 4.69) is 17.5 Å². The molecule has 94 valence electrons. The number of hydrogen-bond donors (Lipinski definition) is 1. The molecule has 1 N–H and O–H groups in total. The summed E-state index contributed by atoms with van der Waals surface area (Å²) in [6.45, 7) is 4.22. The van der Waals surface area contributed by atoms with Crippen molar-refractivity contribution < 1.29 is 4.79 Å². The predicted molar refractivity (Wildman–Crippen MR) is 68.2 cm³/mol. The summed E-state index contributed by atoms with van der Waals surface area (Å²) in [5, 5.41) is 11.9. The Morgan fingerprint density at radius 2 is 2.35 bits per heavy atom. The Bertz CT molecular complexity index is 341. The molecule has 1 rings (SSSR count). The lowest BCUT2D eigenvalue weighted by Crippen LogP contribution is -2.38. The number of nitrogens with zero attached hydrogens (tertiary/aromatic N) is 1. The van der Waals surface area contributed by atoms with E-state index < -0.39 is 5.41 Å². The Balaban J connectivity index is 2.34. The van der Waals surface area contributed by atoms with E-state index in [1.165, 1.54) is 31.3 Å². The first-order valence-electron chi connectivity index (χ1n) is 6.50. The number of hydrogen-bond acceptors (Lipinski definition) is 2. The van der Waals surface area contributed by atoms with Gasteiger partial charge in [0.2, 0.25) is 5.91 Å². The van der Waals surface area contributed by atoms with Gasteiger partial charge in [0.1, 0.15) is 5.41 Å². The molecule has 3 nitrogen and oxygen atoms in total. The number of nitriles is 1. The largest absolute Gasteiger partial charge is 0.354 e. The molecule has 0 fully saturated rings. The average molecular weight is 234 g/mol. The quantitative estimate of drug-likeness (QED) is 0.743. The third-order valence-electron chi connectivity index (χ3n) is 3.57. The molecule has 0 bridgehead atoms. The fraction of sp³-hybridized carbons (Fsp3) is 0.714. The van der Waals surface area contributed by atoms with Gasteiger partial charge in [-0.25, -0.2) is 0 Å². The average Bonchev–Trinajstić information content (AvgIpc) is 2.39. The second kappa shape index (κ2) is 6.44. The standard InChI is InChI=1S/C14H22N2O/c1-3-14(2,11-15)13(17)16-10-9-12-7-5-4-6-8-12/h7H,3-6,8-10H2,1-2H3,(H,16,17). The van der Waals surface area contributed by atoms with Gasteiger partial charge in [-0.15, -0.1) is 0 Å². The minimum absolute atomic E-state index is 0.140. The predicted octanol–water partition coefficient (Wildman–Crippen LogP) is 2.93. The highest BCUT2D eigenvalue weighted by Gasteiger charge is 2.30. The van der Waals surface area contributed by atoms with Crippen molar-refractivity contribution in [1.82, 2.24) is 5.32 Å². The first-order valence-corrected chi connectivity index (χ1v) is 6.50. The number of allylic oxidation sites excluding steroid dienone is 1. The lowest BCUT2D eigenvalue weighted by atomic mass is 9.88. The van der Waals surface area contributed by atoms with E-state index in [-0.39, 0.29) is 5.91 Å². The van der Waals surface area contributed by atoms with E-state index in [9.17, 15) is 4.79 Å². The summed E-state index contributed by atoms with van der Waals surface area (Å²) < 4.78 is 0. The Hall–Kier alpha value is -1.30. The second-order valence-corrected chi connectivity index (χ2v) is 4.91. The Morgan fingerprint density at radius 1 is 1.59 bits per heavy atom. The van der Waals surface area contributed by atoms with Gasteiger partial charge in [-0.05, 0) is 45.4 Å². The molecule has 1 unspecified atom stereocenters. The zero-order valence-electron chi connectivity index (χ0n) is 10.9. The topological polar surface area (TPSA) is 52.9 Å². The summed E-state index contributed by atoms with van der Waals surface area (Å²) in [5.41, 5.74) is 0.577. The summed E-state index contributed by atoms with van der Waals surface area (Å²) >= 11 is 0. The van der Waals surface area contributed by atoms with Crippen LogP contribution in [0, 0.1) is 16.7 Å². The maximum absolute atomic E-state index is 11.8. The molecule has 1 atom stereocenters. The number of carbonyl (C=O) groups is 1. The highest BCUT2D eigenvalue weighted by atomic mass is 16.2. The summed E-state index contributed by atoms with van der Waals surface area (Å²) in [6, 6.07) is 2.09. The number of carbonyl (C=O) groups excluding carboxylic acids is 1. The first-order chi connectivity index (χ1) is 8.12. The van der Waals surface area contributed by atoms with Crippen LogP contribution in [0.5, 0.6) is 0 Å². The normalized spacial score (nSPS) is 18.8. The third kappa shape index (κ3) is 3.89. The number of rotatable bonds is 5. The highest BCUT2D eigenvalue weighted by molar-refractivity contribution is 5.84. The number of amides is 1. The van der Waals surface area contributed by atoms with Crippen molar-refractivity contribution in [2.75, 3.05) is 6.54 Å². The van der Waals surface area contributed by atoms with E-state index in [0.29, 0.717) is 13.0 Å². The van der Waals surface area contributed by atoms with Crippen LogP contribution in [0.3, 0.4) is 0 Å². The molecule has 0 saturated carbocycles. The van der Waals surface area contributed by atoms with Crippen molar-refractivity contribution in [2.45, 2.75) is 52.4 Å². The molecule has 0 aromatic heterocycles. The summed E-state index contributed by atoms with van der Waals surface area (Å²) in [5.74, 6) is -0.140. The van der Waals surface area contributed by atoms with Gasteiger partial charge in [-0.1, -0.05) is 18.6 Å². The van der Waals surface area contributed by atoms with Gasteiger partial charge in [-0.3, -0.25) is 4.79 Å². The van der Waals surface area contributed by atoms with Crippen LogP contribution < -0.4 is 5.32 Å².